The molecule has 0 saturated heterocycles. The Morgan fingerprint density at radius 3 is 2.55 bits per heavy atom. The number of hydrogen-bond donors (Lipinski definition) is 1. The molecule has 0 heterocycles. The van der Waals surface area contributed by atoms with E-state index in [9.17, 15) is 10.1 Å². The molecule has 1 saturated carbocycles. The van der Waals surface area contributed by atoms with Crippen molar-refractivity contribution in [1.82, 2.24) is 5.32 Å². The lowest BCUT2D eigenvalue weighted by molar-refractivity contribution is -0.117. The molecule has 0 aliphatic heterocycles. The number of carbonyl (C=O) groups excluding carboxylic acids is 1. The predicted molar refractivity (Wildman–Crippen MR) is 119 cm³/mol. The minimum Gasteiger partial charge on any atom is -0.486 e. The van der Waals surface area contributed by atoms with Crippen molar-refractivity contribution in [3.05, 3.63) is 67.6 Å². The fraction of sp³-hybridized carbons (Fsp3) is 0.273. The maximum atomic E-state index is 12.4. The zero-order valence-corrected chi connectivity index (χ0v) is 18.6. The van der Waals surface area contributed by atoms with Crippen molar-refractivity contribution in [2.24, 2.45) is 0 Å². The molecular formula is C22H19BrCl2N2O2. The number of hydrogen-bond acceptors (Lipinski definition) is 3. The Morgan fingerprint density at radius 1 is 1.24 bits per heavy atom. The Kier molecular flexibility index (Phi) is 7.60. The lowest BCUT2D eigenvalue weighted by Crippen LogP contribution is -2.33. The molecule has 0 atom stereocenters. The van der Waals surface area contributed by atoms with E-state index in [1.165, 1.54) is 6.08 Å². The first-order valence-corrected chi connectivity index (χ1v) is 10.8. The van der Waals surface area contributed by atoms with E-state index in [0.29, 0.717) is 32.4 Å². The molecule has 0 radical (unpaired) electrons. The van der Waals surface area contributed by atoms with E-state index in [0.717, 1.165) is 31.2 Å². The summed E-state index contributed by atoms with van der Waals surface area (Å²) >= 11 is 15.7. The summed E-state index contributed by atoms with van der Waals surface area (Å²) in [5.41, 5.74) is 1.64. The zero-order chi connectivity index (χ0) is 20.8. The van der Waals surface area contributed by atoms with Crippen LogP contribution in [0.4, 0.5) is 0 Å². The summed E-state index contributed by atoms with van der Waals surface area (Å²) < 4.78 is 6.47. The number of nitrogens with one attached hydrogen (secondary N) is 1. The van der Waals surface area contributed by atoms with Gasteiger partial charge >= 0.3 is 0 Å². The largest absolute Gasteiger partial charge is 0.486 e. The molecule has 1 amide bonds. The second-order valence-electron chi connectivity index (χ2n) is 6.85. The number of ether oxygens (including phenoxy) is 1. The quantitative estimate of drug-likeness (QED) is 0.379. The van der Waals surface area contributed by atoms with Gasteiger partial charge < -0.3 is 10.1 Å². The molecule has 1 aliphatic rings. The van der Waals surface area contributed by atoms with Gasteiger partial charge in [0, 0.05) is 11.1 Å². The van der Waals surface area contributed by atoms with Crippen molar-refractivity contribution >= 4 is 51.1 Å². The summed E-state index contributed by atoms with van der Waals surface area (Å²) in [6.07, 6.45) is 5.67. The van der Waals surface area contributed by atoms with Crippen LogP contribution in [0.2, 0.25) is 10.0 Å². The standard InChI is InChI=1S/C22H19BrCl2N2O2/c23-19-10-15(9-16(12-26)22(28)27-18-3-1-2-4-18)11-20(25)21(19)29-13-14-5-7-17(24)8-6-14/h5-11,18H,1-4,13H2,(H,27,28)/b16-9-. The first-order valence-electron chi connectivity index (χ1n) is 9.25. The van der Waals surface area contributed by atoms with Crippen LogP contribution >= 0.6 is 39.1 Å². The Hall–Kier alpha value is -2.00. The Labute approximate surface area is 188 Å². The summed E-state index contributed by atoms with van der Waals surface area (Å²) in [6, 6.07) is 12.9. The second-order valence-corrected chi connectivity index (χ2v) is 8.55. The summed E-state index contributed by atoms with van der Waals surface area (Å²) in [4.78, 5) is 12.4. The molecule has 2 aromatic rings. The molecule has 1 N–H and O–H groups in total. The van der Waals surface area contributed by atoms with E-state index >= 15 is 0 Å². The Balaban J connectivity index is 1.73. The summed E-state index contributed by atoms with van der Waals surface area (Å²) in [6.45, 7) is 0.331. The van der Waals surface area contributed by atoms with Crippen molar-refractivity contribution in [2.75, 3.05) is 0 Å². The average molecular weight is 494 g/mol. The molecule has 0 spiro atoms. The van der Waals surface area contributed by atoms with Crippen LogP contribution < -0.4 is 10.1 Å². The monoisotopic (exact) mass is 492 g/mol. The van der Waals surface area contributed by atoms with Gasteiger partial charge in [-0.1, -0.05) is 48.2 Å². The molecule has 0 unspecified atom stereocenters. The first-order chi connectivity index (χ1) is 14.0. The summed E-state index contributed by atoms with van der Waals surface area (Å²) in [5, 5.41) is 13.4. The SMILES string of the molecule is N#C/C(=C/c1cc(Cl)c(OCc2ccc(Cl)cc2)c(Br)c1)C(=O)NC1CCCC1. The number of carbonyl (C=O) groups is 1. The second kappa shape index (κ2) is 10.2. The van der Waals surface area contributed by atoms with E-state index in [1.807, 2.05) is 18.2 Å². The van der Waals surface area contributed by atoms with E-state index in [2.05, 4.69) is 21.2 Å². The van der Waals surface area contributed by atoms with Gasteiger partial charge in [-0.25, -0.2) is 0 Å². The highest BCUT2D eigenvalue weighted by molar-refractivity contribution is 9.10. The average Bonchev–Trinajstić information content (AvgIpc) is 3.19. The number of nitrogens with zero attached hydrogens (tertiary/aromatic N) is 1. The molecule has 0 aromatic heterocycles. The molecule has 29 heavy (non-hydrogen) atoms. The summed E-state index contributed by atoms with van der Waals surface area (Å²) in [5.74, 6) is 0.141. The van der Waals surface area contributed by atoms with Crippen molar-refractivity contribution in [1.29, 1.82) is 5.26 Å². The zero-order valence-electron chi connectivity index (χ0n) is 15.6. The van der Waals surface area contributed by atoms with Crippen LogP contribution in [0.25, 0.3) is 6.08 Å². The van der Waals surface area contributed by atoms with E-state index < -0.39 is 0 Å². The number of halogens is 3. The number of amides is 1. The lowest BCUT2D eigenvalue weighted by atomic mass is 10.1. The molecule has 1 aliphatic carbocycles. The minimum absolute atomic E-state index is 0.0506. The predicted octanol–water partition coefficient (Wildman–Crippen LogP) is 6.30. The van der Waals surface area contributed by atoms with Crippen LogP contribution in [-0.4, -0.2) is 11.9 Å². The van der Waals surface area contributed by atoms with Crippen molar-refractivity contribution in [2.45, 2.75) is 38.3 Å². The number of benzene rings is 2. The molecule has 150 valence electrons. The first kappa shape index (κ1) is 21.7. The number of rotatable bonds is 6. The van der Waals surface area contributed by atoms with E-state index in [1.54, 1.807) is 24.3 Å². The van der Waals surface area contributed by atoms with Gasteiger partial charge in [-0.15, -0.1) is 0 Å². The van der Waals surface area contributed by atoms with Gasteiger partial charge in [-0.3, -0.25) is 4.79 Å². The van der Waals surface area contributed by atoms with Crippen molar-refractivity contribution in [3.8, 4) is 11.8 Å². The molecule has 7 heteroatoms. The third-order valence-corrected chi connectivity index (χ3v) is 5.81. The number of nitriles is 1. The normalized spacial score (nSPS) is 14.5. The van der Waals surface area contributed by atoms with Gasteiger partial charge in [0.15, 0.2) is 5.75 Å². The fourth-order valence-corrected chi connectivity index (χ4v) is 4.30. The van der Waals surface area contributed by atoms with Crippen molar-refractivity contribution in [3.63, 3.8) is 0 Å². The van der Waals surface area contributed by atoms with E-state index in [-0.39, 0.29) is 17.5 Å². The van der Waals surface area contributed by atoms with Gasteiger partial charge in [0.25, 0.3) is 5.91 Å². The third-order valence-electron chi connectivity index (χ3n) is 4.68. The van der Waals surface area contributed by atoms with Gasteiger partial charge in [0.05, 0.1) is 9.50 Å². The van der Waals surface area contributed by atoms with Crippen molar-refractivity contribution < 1.29 is 9.53 Å². The molecule has 1 fully saturated rings. The third kappa shape index (κ3) is 5.99. The highest BCUT2D eigenvalue weighted by atomic mass is 79.9. The summed E-state index contributed by atoms with van der Waals surface area (Å²) in [7, 11) is 0. The van der Waals surface area contributed by atoms with Crippen LogP contribution in [-0.2, 0) is 11.4 Å². The highest BCUT2D eigenvalue weighted by Gasteiger charge is 2.19. The lowest BCUT2D eigenvalue weighted by Gasteiger charge is -2.12. The Bertz CT molecular complexity index is 939. The minimum atomic E-state index is -0.352. The Morgan fingerprint density at radius 2 is 1.93 bits per heavy atom. The van der Waals surface area contributed by atoms with Gasteiger partial charge in [-0.05, 0) is 70.2 Å². The molecule has 4 nitrogen and oxygen atoms in total. The molecular weight excluding hydrogens is 475 g/mol. The smallest absolute Gasteiger partial charge is 0.262 e. The van der Waals surface area contributed by atoms with E-state index in [4.69, 9.17) is 27.9 Å². The van der Waals surface area contributed by atoms with Crippen LogP contribution in [0.3, 0.4) is 0 Å². The van der Waals surface area contributed by atoms with Crippen LogP contribution in [0.15, 0.2) is 46.4 Å². The van der Waals surface area contributed by atoms with Crippen LogP contribution in [0, 0.1) is 11.3 Å². The van der Waals surface area contributed by atoms with Crippen LogP contribution in [0.1, 0.15) is 36.8 Å². The van der Waals surface area contributed by atoms with Gasteiger partial charge in [0.2, 0.25) is 0 Å². The van der Waals surface area contributed by atoms with Gasteiger partial charge in [-0.2, -0.15) is 5.26 Å². The molecule has 3 rings (SSSR count). The highest BCUT2D eigenvalue weighted by Crippen LogP contribution is 2.35. The molecule has 2 aromatic carbocycles. The molecule has 0 bridgehead atoms. The van der Waals surface area contributed by atoms with Crippen LogP contribution in [0.5, 0.6) is 5.75 Å². The maximum absolute atomic E-state index is 12.4. The maximum Gasteiger partial charge on any atom is 0.262 e. The topological polar surface area (TPSA) is 62.1 Å². The fourth-order valence-electron chi connectivity index (χ4n) is 3.19. The van der Waals surface area contributed by atoms with Gasteiger partial charge in [0.1, 0.15) is 18.2 Å².